The van der Waals surface area contributed by atoms with Crippen LogP contribution in [-0.2, 0) is 16.1 Å². The monoisotopic (exact) mass is 381 g/mol. The van der Waals surface area contributed by atoms with E-state index >= 15 is 0 Å². The van der Waals surface area contributed by atoms with Crippen molar-refractivity contribution >= 4 is 17.5 Å². The predicted octanol–water partition coefficient (Wildman–Crippen LogP) is 2.52. The van der Waals surface area contributed by atoms with Gasteiger partial charge in [0.05, 0.1) is 5.92 Å². The molecule has 5 nitrogen and oxygen atoms in total. The van der Waals surface area contributed by atoms with Gasteiger partial charge in [0, 0.05) is 51.4 Å². The number of carbonyl (C=O) groups excluding carboxylic acids is 2. The second-order valence-corrected chi connectivity index (χ2v) is 7.47. The van der Waals surface area contributed by atoms with Crippen LogP contribution in [0.25, 0.3) is 0 Å². The van der Waals surface area contributed by atoms with Gasteiger partial charge in [0.1, 0.15) is 5.82 Å². The van der Waals surface area contributed by atoms with Crippen molar-refractivity contribution in [3.63, 3.8) is 0 Å². The highest BCUT2D eigenvalue weighted by molar-refractivity contribution is 6.00. The third kappa shape index (κ3) is 4.07. The van der Waals surface area contributed by atoms with E-state index in [-0.39, 0.29) is 30.0 Å². The van der Waals surface area contributed by atoms with Gasteiger partial charge in [-0.05, 0) is 29.8 Å². The molecule has 28 heavy (non-hydrogen) atoms. The maximum atomic E-state index is 13.1. The fourth-order valence-corrected chi connectivity index (χ4v) is 3.97. The summed E-state index contributed by atoms with van der Waals surface area (Å²) in [5.74, 6) is -0.681. The Labute approximate surface area is 164 Å². The van der Waals surface area contributed by atoms with Crippen LogP contribution in [0.1, 0.15) is 12.0 Å². The molecule has 0 radical (unpaired) electrons. The van der Waals surface area contributed by atoms with Crippen LogP contribution < -0.4 is 4.90 Å². The molecular formula is C22H24FN3O2. The average molecular weight is 381 g/mol. The van der Waals surface area contributed by atoms with Crippen LogP contribution in [-0.4, -0.2) is 54.3 Å². The van der Waals surface area contributed by atoms with Gasteiger partial charge in [-0.1, -0.05) is 30.3 Å². The minimum absolute atomic E-state index is 0.0531. The Balaban J connectivity index is 1.32. The van der Waals surface area contributed by atoms with Gasteiger partial charge in [0.25, 0.3) is 0 Å². The van der Waals surface area contributed by atoms with Crippen molar-refractivity contribution in [3.05, 3.63) is 66.0 Å². The van der Waals surface area contributed by atoms with Gasteiger partial charge in [-0.3, -0.25) is 14.5 Å². The standard InChI is InChI=1S/C22H24FN3O2/c23-19-6-8-20(9-7-19)26-16-18(14-21(26)27)22(28)25-12-10-24(11-13-25)15-17-4-2-1-3-5-17/h1-9,18H,10-16H2/t18-/m0/s1. The molecule has 0 aliphatic carbocycles. The molecule has 146 valence electrons. The molecule has 0 bridgehead atoms. The summed E-state index contributed by atoms with van der Waals surface area (Å²) in [6, 6.07) is 16.2. The topological polar surface area (TPSA) is 43.9 Å². The molecule has 2 amide bonds. The van der Waals surface area contributed by atoms with Gasteiger partial charge < -0.3 is 9.80 Å². The molecule has 2 aliphatic rings. The van der Waals surface area contributed by atoms with Gasteiger partial charge in [-0.15, -0.1) is 0 Å². The fraction of sp³-hybridized carbons (Fsp3) is 0.364. The molecule has 2 aromatic carbocycles. The average Bonchev–Trinajstić information content (AvgIpc) is 3.11. The first-order valence-electron chi connectivity index (χ1n) is 9.71. The lowest BCUT2D eigenvalue weighted by Crippen LogP contribution is -2.50. The molecule has 1 atom stereocenters. The second kappa shape index (κ2) is 8.10. The summed E-state index contributed by atoms with van der Waals surface area (Å²) in [7, 11) is 0. The Bertz CT molecular complexity index is 833. The first-order valence-corrected chi connectivity index (χ1v) is 9.71. The van der Waals surface area contributed by atoms with Crippen LogP contribution in [0.3, 0.4) is 0 Å². The minimum atomic E-state index is -0.337. The van der Waals surface area contributed by atoms with Crippen molar-refractivity contribution in [1.82, 2.24) is 9.80 Å². The molecule has 4 rings (SSSR count). The molecule has 0 unspecified atom stereocenters. The number of halogens is 1. The number of rotatable bonds is 4. The number of benzene rings is 2. The van der Waals surface area contributed by atoms with E-state index in [1.165, 1.54) is 17.7 Å². The molecule has 2 aromatic rings. The largest absolute Gasteiger partial charge is 0.340 e. The lowest BCUT2D eigenvalue weighted by atomic mass is 10.1. The molecule has 0 N–H and O–H groups in total. The van der Waals surface area contributed by atoms with Gasteiger partial charge in [0.2, 0.25) is 11.8 Å². The van der Waals surface area contributed by atoms with Crippen LogP contribution in [0.5, 0.6) is 0 Å². The Morgan fingerprint density at radius 1 is 0.964 bits per heavy atom. The number of hydrogen-bond acceptors (Lipinski definition) is 3. The van der Waals surface area contributed by atoms with Crippen molar-refractivity contribution < 1.29 is 14.0 Å². The quantitative estimate of drug-likeness (QED) is 0.818. The Kier molecular flexibility index (Phi) is 5.39. The van der Waals surface area contributed by atoms with Crippen molar-refractivity contribution in [2.45, 2.75) is 13.0 Å². The summed E-state index contributed by atoms with van der Waals surface area (Å²) in [4.78, 5) is 31.1. The first-order chi connectivity index (χ1) is 13.6. The number of piperazine rings is 1. The first kappa shape index (κ1) is 18.6. The summed E-state index contributed by atoms with van der Waals surface area (Å²) in [5, 5.41) is 0. The van der Waals surface area contributed by atoms with E-state index in [0.29, 0.717) is 25.3 Å². The summed E-state index contributed by atoms with van der Waals surface area (Å²) >= 11 is 0. The molecule has 0 aromatic heterocycles. The third-order valence-electron chi connectivity index (χ3n) is 5.55. The predicted molar refractivity (Wildman–Crippen MR) is 105 cm³/mol. The van der Waals surface area contributed by atoms with Crippen LogP contribution >= 0.6 is 0 Å². The summed E-state index contributed by atoms with van der Waals surface area (Å²) in [6.07, 6.45) is 0.223. The van der Waals surface area contributed by atoms with Gasteiger partial charge in [-0.25, -0.2) is 4.39 Å². The molecule has 2 heterocycles. The zero-order valence-electron chi connectivity index (χ0n) is 15.8. The highest BCUT2D eigenvalue weighted by Crippen LogP contribution is 2.27. The van der Waals surface area contributed by atoms with Crippen LogP contribution in [0.2, 0.25) is 0 Å². The molecule has 2 fully saturated rings. The van der Waals surface area contributed by atoms with E-state index < -0.39 is 0 Å². The molecule has 0 spiro atoms. The van der Waals surface area contributed by atoms with Gasteiger partial charge in [-0.2, -0.15) is 0 Å². The van der Waals surface area contributed by atoms with Crippen LogP contribution in [0.4, 0.5) is 10.1 Å². The molecule has 2 aliphatic heterocycles. The van der Waals surface area contributed by atoms with Crippen molar-refractivity contribution in [1.29, 1.82) is 0 Å². The van der Waals surface area contributed by atoms with Crippen molar-refractivity contribution in [2.75, 3.05) is 37.6 Å². The highest BCUT2D eigenvalue weighted by Gasteiger charge is 2.37. The fourth-order valence-electron chi connectivity index (χ4n) is 3.97. The van der Waals surface area contributed by atoms with Gasteiger partial charge in [0.15, 0.2) is 0 Å². The minimum Gasteiger partial charge on any atom is -0.340 e. The van der Waals surface area contributed by atoms with E-state index in [2.05, 4.69) is 17.0 Å². The van der Waals surface area contributed by atoms with Crippen LogP contribution in [0, 0.1) is 11.7 Å². The lowest BCUT2D eigenvalue weighted by molar-refractivity contribution is -0.137. The Morgan fingerprint density at radius 2 is 1.64 bits per heavy atom. The van der Waals surface area contributed by atoms with Gasteiger partial charge >= 0.3 is 0 Å². The second-order valence-electron chi connectivity index (χ2n) is 7.47. The SMILES string of the molecule is O=C([C@H]1CC(=O)N(c2ccc(F)cc2)C1)N1CCN(Cc2ccccc2)CC1. The summed E-state index contributed by atoms with van der Waals surface area (Å²) in [5.41, 5.74) is 1.92. The number of nitrogens with zero attached hydrogens (tertiary/aromatic N) is 3. The third-order valence-corrected chi connectivity index (χ3v) is 5.55. The molecule has 2 saturated heterocycles. The van der Waals surface area contributed by atoms with Crippen molar-refractivity contribution in [2.24, 2.45) is 5.92 Å². The zero-order chi connectivity index (χ0) is 19.5. The number of amides is 2. The Morgan fingerprint density at radius 3 is 2.32 bits per heavy atom. The molecule has 0 saturated carbocycles. The van der Waals surface area contributed by atoms with E-state index in [9.17, 15) is 14.0 Å². The molecular weight excluding hydrogens is 357 g/mol. The summed E-state index contributed by atoms with van der Waals surface area (Å²) < 4.78 is 13.1. The lowest BCUT2D eigenvalue weighted by Gasteiger charge is -2.35. The van der Waals surface area contributed by atoms with Crippen LogP contribution in [0.15, 0.2) is 54.6 Å². The molecule has 6 heteroatoms. The van der Waals surface area contributed by atoms with E-state index in [0.717, 1.165) is 19.6 Å². The maximum Gasteiger partial charge on any atom is 0.228 e. The number of hydrogen-bond donors (Lipinski definition) is 0. The van der Waals surface area contributed by atoms with Crippen molar-refractivity contribution in [3.8, 4) is 0 Å². The number of carbonyl (C=O) groups is 2. The van der Waals surface area contributed by atoms with E-state index in [4.69, 9.17) is 0 Å². The van der Waals surface area contributed by atoms with E-state index in [1.807, 2.05) is 23.1 Å². The zero-order valence-corrected chi connectivity index (χ0v) is 15.8. The number of anilines is 1. The smallest absolute Gasteiger partial charge is 0.228 e. The normalized spacial score (nSPS) is 20.6. The van der Waals surface area contributed by atoms with E-state index in [1.54, 1.807) is 17.0 Å². The summed E-state index contributed by atoms with van der Waals surface area (Å²) in [6.45, 7) is 4.31. The highest BCUT2D eigenvalue weighted by atomic mass is 19.1. The Hall–Kier alpha value is -2.73. The maximum absolute atomic E-state index is 13.1.